The molecule has 4 rings (SSSR count). The third-order valence-corrected chi connectivity index (χ3v) is 6.20. The number of non-ortho nitro benzene ring substituents is 1. The predicted molar refractivity (Wildman–Crippen MR) is 102 cm³/mol. The molecule has 0 aliphatic heterocycles. The summed E-state index contributed by atoms with van der Waals surface area (Å²) in [5, 5.41) is 18.7. The van der Waals surface area contributed by atoms with E-state index in [-0.39, 0.29) is 11.6 Å². The van der Waals surface area contributed by atoms with Crippen molar-refractivity contribution < 1.29 is 9.72 Å². The number of anilines is 1. The number of rotatable bonds is 4. The van der Waals surface area contributed by atoms with Gasteiger partial charge in [0.15, 0.2) is 5.13 Å². The first-order chi connectivity index (χ1) is 12.1. The minimum Gasteiger partial charge on any atom is -0.297 e. The summed E-state index contributed by atoms with van der Waals surface area (Å²) < 4.78 is 0.828. The topological polar surface area (TPSA) is 85.1 Å². The molecule has 0 unspecified atom stereocenters. The summed E-state index contributed by atoms with van der Waals surface area (Å²) in [6.45, 7) is 0. The van der Waals surface area contributed by atoms with Crippen LogP contribution >= 0.6 is 34.0 Å². The highest BCUT2D eigenvalue weighted by Crippen LogP contribution is 2.31. The number of nitro groups is 1. The fourth-order valence-corrected chi connectivity index (χ4v) is 4.69. The summed E-state index contributed by atoms with van der Waals surface area (Å²) in [5.41, 5.74) is 0.847. The second-order valence-electron chi connectivity index (χ2n) is 5.06. The fraction of sp³-hybridized carbons (Fsp3) is 0. The minimum absolute atomic E-state index is 0.0118. The summed E-state index contributed by atoms with van der Waals surface area (Å²) in [6, 6.07) is 10.2. The van der Waals surface area contributed by atoms with Crippen molar-refractivity contribution in [3.63, 3.8) is 0 Å². The minimum atomic E-state index is -0.446. The third kappa shape index (κ3) is 3.16. The number of carbonyl (C=O) groups excluding carboxylic acids is 1. The zero-order valence-electron chi connectivity index (χ0n) is 12.5. The van der Waals surface area contributed by atoms with Gasteiger partial charge in [-0.3, -0.25) is 20.2 Å². The number of nitro benzene ring substituents is 1. The van der Waals surface area contributed by atoms with Crippen LogP contribution in [-0.4, -0.2) is 15.8 Å². The lowest BCUT2D eigenvalue weighted by atomic mass is 10.2. The van der Waals surface area contributed by atoms with E-state index in [1.165, 1.54) is 34.8 Å². The van der Waals surface area contributed by atoms with Gasteiger partial charge in [0, 0.05) is 27.6 Å². The third-order valence-electron chi connectivity index (χ3n) is 3.43. The lowest BCUT2D eigenvalue weighted by Crippen LogP contribution is -2.09. The molecule has 1 N–H and O–H groups in total. The SMILES string of the molecule is O=C(Nc1nc(-c2cccs2)cs1)c1cc2cc([N+](=O)[O-])ccc2s1. The first-order valence-electron chi connectivity index (χ1n) is 7.09. The molecule has 0 atom stereocenters. The Morgan fingerprint density at radius 2 is 2.08 bits per heavy atom. The van der Waals surface area contributed by atoms with Crippen LogP contribution in [-0.2, 0) is 0 Å². The Kier molecular flexibility index (Phi) is 4.04. The van der Waals surface area contributed by atoms with E-state index in [1.54, 1.807) is 23.5 Å². The van der Waals surface area contributed by atoms with Gasteiger partial charge in [0.05, 0.1) is 20.4 Å². The summed E-state index contributed by atoms with van der Waals surface area (Å²) in [6.07, 6.45) is 0. The zero-order valence-corrected chi connectivity index (χ0v) is 14.9. The molecule has 0 saturated carbocycles. The van der Waals surface area contributed by atoms with Gasteiger partial charge in [0.2, 0.25) is 0 Å². The van der Waals surface area contributed by atoms with Crippen LogP contribution in [0.15, 0.2) is 47.2 Å². The molecule has 4 aromatic rings. The highest BCUT2D eigenvalue weighted by Gasteiger charge is 2.15. The van der Waals surface area contributed by atoms with Crippen molar-refractivity contribution in [3.05, 3.63) is 62.1 Å². The number of nitrogens with one attached hydrogen (secondary N) is 1. The standard InChI is InChI=1S/C16H9N3O3S3/c20-15(18-16-17-11(8-24-16)13-2-1-5-23-13)14-7-9-6-10(19(21)22)3-4-12(9)25-14/h1-8H,(H,17,18,20). The number of benzene rings is 1. The highest BCUT2D eigenvalue weighted by molar-refractivity contribution is 7.21. The van der Waals surface area contributed by atoms with Crippen LogP contribution in [0.5, 0.6) is 0 Å². The lowest BCUT2D eigenvalue weighted by molar-refractivity contribution is -0.384. The zero-order chi connectivity index (χ0) is 17.4. The molecule has 3 aromatic heterocycles. The molecule has 0 bridgehead atoms. The second kappa shape index (κ2) is 6.36. The number of hydrogen-bond donors (Lipinski definition) is 1. The quantitative estimate of drug-likeness (QED) is 0.383. The average Bonchev–Trinajstić information content (AvgIpc) is 3.33. The van der Waals surface area contributed by atoms with Crippen molar-refractivity contribution in [2.45, 2.75) is 0 Å². The van der Waals surface area contributed by atoms with Crippen molar-refractivity contribution in [1.29, 1.82) is 0 Å². The molecule has 9 heteroatoms. The van der Waals surface area contributed by atoms with Crippen LogP contribution in [0.3, 0.4) is 0 Å². The summed E-state index contributed by atoms with van der Waals surface area (Å²) in [5.74, 6) is -0.268. The highest BCUT2D eigenvalue weighted by atomic mass is 32.1. The Morgan fingerprint density at radius 1 is 1.20 bits per heavy atom. The van der Waals surface area contributed by atoms with Crippen LogP contribution in [0.4, 0.5) is 10.8 Å². The van der Waals surface area contributed by atoms with Crippen LogP contribution < -0.4 is 5.32 Å². The van der Waals surface area contributed by atoms with Gasteiger partial charge in [-0.2, -0.15) is 0 Å². The number of hydrogen-bond acceptors (Lipinski definition) is 7. The van der Waals surface area contributed by atoms with E-state index in [9.17, 15) is 14.9 Å². The van der Waals surface area contributed by atoms with Crippen LogP contribution in [0.2, 0.25) is 0 Å². The van der Waals surface area contributed by atoms with Crippen molar-refractivity contribution in [2.75, 3.05) is 5.32 Å². The number of thiazole rings is 1. The van der Waals surface area contributed by atoms with Gasteiger partial charge in [0.1, 0.15) is 0 Å². The maximum atomic E-state index is 12.4. The first-order valence-corrected chi connectivity index (χ1v) is 9.66. The van der Waals surface area contributed by atoms with E-state index in [1.807, 2.05) is 22.9 Å². The Bertz CT molecular complexity index is 1080. The lowest BCUT2D eigenvalue weighted by Gasteiger charge is -1.97. The van der Waals surface area contributed by atoms with Gasteiger partial charge >= 0.3 is 0 Å². The van der Waals surface area contributed by atoms with E-state index in [2.05, 4.69) is 10.3 Å². The molecule has 1 aromatic carbocycles. The number of fused-ring (bicyclic) bond motifs is 1. The monoisotopic (exact) mass is 387 g/mol. The Labute approximate surface area is 153 Å². The van der Waals surface area contributed by atoms with Crippen molar-refractivity contribution in [3.8, 4) is 10.6 Å². The van der Waals surface area contributed by atoms with E-state index < -0.39 is 4.92 Å². The van der Waals surface area contributed by atoms with Crippen LogP contribution in [0, 0.1) is 10.1 Å². The van der Waals surface area contributed by atoms with Crippen LogP contribution in [0.25, 0.3) is 20.7 Å². The van der Waals surface area contributed by atoms with E-state index in [0.717, 1.165) is 15.3 Å². The number of thiophene rings is 2. The summed E-state index contributed by atoms with van der Waals surface area (Å²) >= 11 is 4.25. The average molecular weight is 387 g/mol. The smallest absolute Gasteiger partial charge is 0.270 e. The molecule has 3 heterocycles. The molecule has 0 radical (unpaired) electrons. The summed E-state index contributed by atoms with van der Waals surface area (Å²) in [7, 11) is 0. The molecule has 6 nitrogen and oxygen atoms in total. The maximum Gasteiger partial charge on any atom is 0.270 e. The van der Waals surface area contributed by atoms with E-state index >= 15 is 0 Å². The molecular formula is C16H9N3O3S3. The van der Waals surface area contributed by atoms with Gasteiger partial charge in [-0.05, 0) is 23.6 Å². The molecule has 0 saturated heterocycles. The van der Waals surface area contributed by atoms with Crippen molar-refractivity contribution >= 4 is 60.8 Å². The summed E-state index contributed by atoms with van der Waals surface area (Å²) in [4.78, 5) is 28.8. The van der Waals surface area contributed by atoms with Crippen LogP contribution in [0.1, 0.15) is 9.67 Å². The van der Waals surface area contributed by atoms with Gasteiger partial charge < -0.3 is 0 Å². The van der Waals surface area contributed by atoms with Gasteiger partial charge in [-0.15, -0.1) is 34.0 Å². The van der Waals surface area contributed by atoms with E-state index in [0.29, 0.717) is 15.4 Å². The molecular weight excluding hydrogens is 378 g/mol. The molecule has 0 fully saturated rings. The first kappa shape index (κ1) is 15.9. The molecule has 124 valence electrons. The van der Waals surface area contributed by atoms with E-state index in [4.69, 9.17) is 0 Å². The number of amides is 1. The normalized spacial score (nSPS) is 10.9. The fourth-order valence-electron chi connectivity index (χ4n) is 2.28. The van der Waals surface area contributed by atoms with Gasteiger partial charge in [0.25, 0.3) is 11.6 Å². The Balaban J connectivity index is 1.56. The van der Waals surface area contributed by atoms with Crippen molar-refractivity contribution in [1.82, 2.24) is 4.98 Å². The second-order valence-corrected chi connectivity index (χ2v) is 7.95. The molecule has 0 aliphatic carbocycles. The van der Waals surface area contributed by atoms with Crippen molar-refractivity contribution in [2.24, 2.45) is 0 Å². The molecule has 1 amide bonds. The molecule has 0 aliphatic rings. The van der Waals surface area contributed by atoms with Gasteiger partial charge in [-0.25, -0.2) is 4.98 Å². The number of nitrogens with zero attached hydrogens (tertiary/aromatic N) is 2. The predicted octanol–water partition coefficient (Wildman–Crippen LogP) is 5.25. The maximum absolute atomic E-state index is 12.4. The molecule has 0 spiro atoms. The number of carbonyl (C=O) groups is 1. The largest absolute Gasteiger partial charge is 0.297 e. The molecule has 25 heavy (non-hydrogen) atoms. The Morgan fingerprint density at radius 3 is 2.84 bits per heavy atom. The number of aromatic nitrogens is 1. The Hall–Kier alpha value is -2.62. The van der Waals surface area contributed by atoms with Gasteiger partial charge in [-0.1, -0.05) is 6.07 Å².